The van der Waals surface area contributed by atoms with Gasteiger partial charge in [0.2, 0.25) is 5.88 Å². The molecule has 2 N–H and O–H groups in total. The molecule has 1 aliphatic carbocycles. The summed E-state index contributed by atoms with van der Waals surface area (Å²) >= 11 is 0. The SMILES string of the molecule is O=C(NCc1ccnc(OC(F)F)c1)NC1=C=C(C(F)(F)F)C1. The molecule has 0 atom stereocenters. The van der Waals surface area contributed by atoms with Gasteiger partial charge in [-0.05, 0) is 11.6 Å². The van der Waals surface area contributed by atoms with Crippen LogP contribution in [0.3, 0.4) is 0 Å². The van der Waals surface area contributed by atoms with Crippen molar-refractivity contribution in [2.24, 2.45) is 0 Å². The Hall–Kier alpha value is -2.61. The number of nitrogens with one attached hydrogen (secondary N) is 2. The summed E-state index contributed by atoms with van der Waals surface area (Å²) in [5.41, 5.74) is 1.62. The van der Waals surface area contributed by atoms with E-state index in [-0.39, 0.29) is 18.1 Å². The fourth-order valence-electron chi connectivity index (χ4n) is 1.67. The molecule has 0 unspecified atom stereocenters. The first kappa shape index (κ1) is 16.8. The Kier molecular flexibility index (Phi) is 4.85. The van der Waals surface area contributed by atoms with E-state index in [0.717, 1.165) is 0 Å². The number of pyridine rings is 1. The van der Waals surface area contributed by atoms with E-state index >= 15 is 0 Å². The third kappa shape index (κ3) is 4.96. The van der Waals surface area contributed by atoms with E-state index in [2.05, 4.69) is 20.4 Å². The lowest BCUT2D eigenvalue weighted by Crippen LogP contribution is -2.36. The standard InChI is InChI=1S/C13H10F5N3O2/c14-11(15)23-10-3-7(1-2-19-10)6-20-12(22)21-9-4-8(5-9)13(16,17)18/h1-3,11H,4,6H2,(H2,20,21,22). The average Bonchev–Trinajstić information content (AvgIpc) is 2.38. The van der Waals surface area contributed by atoms with Crippen molar-refractivity contribution in [3.05, 3.63) is 40.9 Å². The summed E-state index contributed by atoms with van der Waals surface area (Å²) in [6.07, 6.45) is -3.64. The molecule has 23 heavy (non-hydrogen) atoms. The number of amides is 2. The summed E-state index contributed by atoms with van der Waals surface area (Å²) < 4.78 is 64.8. The van der Waals surface area contributed by atoms with Gasteiger partial charge in [-0.25, -0.2) is 9.78 Å². The third-order valence-electron chi connectivity index (χ3n) is 2.72. The van der Waals surface area contributed by atoms with Crippen molar-refractivity contribution >= 4 is 6.03 Å². The molecule has 0 aliphatic heterocycles. The number of hydrogen-bond acceptors (Lipinski definition) is 3. The molecule has 0 saturated carbocycles. The summed E-state index contributed by atoms with van der Waals surface area (Å²) in [5.74, 6) is -0.306. The van der Waals surface area contributed by atoms with Crippen LogP contribution < -0.4 is 15.4 Å². The highest BCUT2D eigenvalue weighted by Gasteiger charge is 2.37. The van der Waals surface area contributed by atoms with Crippen LogP contribution in [0.4, 0.5) is 26.7 Å². The minimum Gasteiger partial charge on any atom is -0.417 e. The summed E-state index contributed by atoms with van der Waals surface area (Å²) in [6, 6.07) is 1.93. The zero-order valence-corrected chi connectivity index (χ0v) is 11.4. The first-order chi connectivity index (χ1) is 10.7. The number of hydrogen-bond donors (Lipinski definition) is 2. The Balaban J connectivity index is 1.85. The van der Waals surface area contributed by atoms with Crippen LogP contribution >= 0.6 is 0 Å². The van der Waals surface area contributed by atoms with E-state index < -0.39 is 30.8 Å². The van der Waals surface area contributed by atoms with E-state index in [9.17, 15) is 26.7 Å². The molecule has 124 valence electrons. The van der Waals surface area contributed by atoms with Gasteiger partial charge in [-0.1, -0.05) is 5.73 Å². The van der Waals surface area contributed by atoms with Crippen LogP contribution in [0.1, 0.15) is 12.0 Å². The molecule has 0 bridgehead atoms. The highest BCUT2D eigenvalue weighted by Crippen LogP contribution is 2.33. The topological polar surface area (TPSA) is 63.2 Å². The van der Waals surface area contributed by atoms with E-state index in [0.29, 0.717) is 5.56 Å². The Bertz CT molecular complexity index is 666. The van der Waals surface area contributed by atoms with E-state index in [4.69, 9.17) is 0 Å². The zero-order valence-electron chi connectivity index (χ0n) is 11.4. The van der Waals surface area contributed by atoms with Crippen molar-refractivity contribution in [3.63, 3.8) is 0 Å². The molecule has 0 fully saturated rings. The number of ether oxygens (including phenoxy) is 1. The normalized spacial score (nSPS) is 13.8. The second-order valence-corrected chi connectivity index (χ2v) is 4.45. The molecule has 1 aromatic rings. The molecule has 10 heteroatoms. The van der Waals surface area contributed by atoms with Crippen molar-refractivity contribution in [1.29, 1.82) is 0 Å². The van der Waals surface area contributed by atoms with Gasteiger partial charge in [0.15, 0.2) is 0 Å². The Morgan fingerprint density at radius 3 is 2.74 bits per heavy atom. The van der Waals surface area contributed by atoms with Gasteiger partial charge < -0.3 is 15.4 Å². The third-order valence-corrected chi connectivity index (χ3v) is 2.72. The number of aromatic nitrogens is 1. The summed E-state index contributed by atoms with van der Waals surface area (Å²) in [6.45, 7) is -3.06. The molecule has 0 aromatic carbocycles. The highest BCUT2D eigenvalue weighted by atomic mass is 19.4. The van der Waals surface area contributed by atoms with Crippen molar-refractivity contribution in [2.75, 3.05) is 0 Å². The van der Waals surface area contributed by atoms with Crippen molar-refractivity contribution in [1.82, 2.24) is 15.6 Å². The van der Waals surface area contributed by atoms with E-state index in [1.54, 1.807) is 0 Å². The molecular formula is C13H10F5N3O2. The molecule has 0 saturated heterocycles. The van der Waals surface area contributed by atoms with Crippen molar-refractivity contribution < 1.29 is 31.5 Å². The van der Waals surface area contributed by atoms with Gasteiger partial charge in [-0.3, -0.25) is 0 Å². The van der Waals surface area contributed by atoms with E-state index in [1.807, 2.05) is 5.73 Å². The van der Waals surface area contributed by atoms with Gasteiger partial charge in [-0.2, -0.15) is 22.0 Å². The fraction of sp³-hybridized carbons (Fsp3) is 0.308. The maximum absolute atomic E-state index is 12.2. The van der Waals surface area contributed by atoms with Gasteiger partial charge in [0.25, 0.3) is 0 Å². The number of carbonyl (C=O) groups is 1. The number of carbonyl (C=O) groups excluding carboxylic acids is 1. The molecular weight excluding hydrogens is 325 g/mol. The number of urea groups is 1. The van der Waals surface area contributed by atoms with Crippen LogP contribution in [-0.2, 0) is 6.54 Å². The van der Waals surface area contributed by atoms with Crippen molar-refractivity contribution in [3.8, 4) is 5.88 Å². The predicted molar refractivity (Wildman–Crippen MR) is 67.5 cm³/mol. The smallest absolute Gasteiger partial charge is 0.417 e. The van der Waals surface area contributed by atoms with Crippen LogP contribution in [0.15, 0.2) is 35.3 Å². The Labute approximate surface area is 126 Å². The van der Waals surface area contributed by atoms with Gasteiger partial charge >= 0.3 is 18.8 Å². The average molecular weight is 335 g/mol. The minimum atomic E-state index is -4.44. The second kappa shape index (κ2) is 6.66. The molecule has 0 spiro atoms. The molecule has 1 heterocycles. The van der Waals surface area contributed by atoms with Gasteiger partial charge in [-0.15, -0.1) is 0 Å². The largest absolute Gasteiger partial charge is 0.420 e. The molecule has 0 radical (unpaired) electrons. The molecule has 1 aromatic heterocycles. The lowest BCUT2D eigenvalue weighted by Gasteiger charge is -2.18. The lowest BCUT2D eigenvalue weighted by molar-refractivity contribution is -0.0945. The Morgan fingerprint density at radius 1 is 1.43 bits per heavy atom. The Morgan fingerprint density at radius 2 is 2.13 bits per heavy atom. The fourth-order valence-corrected chi connectivity index (χ4v) is 1.67. The quantitative estimate of drug-likeness (QED) is 0.642. The van der Waals surface area contributed by atoms with Crippen LogP contribution in [0, 0.1) is 0 Å². The maximum Gasteiger partial charge on any atom is 0.420 e. The van der Waals surface area contributed by atoms with E-state index in [1.165, 1.54) is 18.3 Å². The first-order valence-corrected chi connectivity index (χ1v) is 6.24. The predicted octanol–water partition coefficient (Wildman–Crippen LogP) is 2.86. The highest BCUT2D eigenvalue weighted by molar-refractivity contribution is 5.76. The summed E-state index contributed by atoms with van der Waals surface area (Å²) in [4.78, 5) is 15.1. The molecule has 2 amide bonds. The van der Waals surface area contributed by atoms with Crippen LogP contribution in [0.5, 0.6) is 5.88 Å². The minimum absolute atomic E-state index is 0.0197. The number of halogens is 5. The monoisotopic (exact) mass is 335 g/mol. The molecule has 5 nitrogen and oxygen atoms in total. The lowest BCUT2D eigenvalue weighted by atomic mass is 10.0. The zero-order chi connectivity index (χ0) is 17.0. The molecule has 2 rings (SSSR count). The maximum atomic E-state index is 12.2. The first-order valence-electron chi connectivity index (χ1n) is 6.24. The summed E-state index contributed by atoms with van der Waals surface area (Å²) in [7, 11) is 0. The number of alkyl halides is 5. The summed E-state index contributed by atoms with van der Waals surface area (Å²) in [5, 5.41) is 4.56. The van der Waals surface area contributed by atoms with Gasteiger partial charge in [0, 0.05) is 25.2 Å². The molecule has 1 aliphatic rings. The van der Waals surface area contributed by atoms with Crippen molar-refractivity contribution in [2.45, 2.75) is 25.8 Å². The van der Waals surface area contributed by atoms with Crippen LogP contribution in [0.2, 0.25) is 0 Å². The number of rotatable bonds is 5. The van der Waals surface area contributed by atoms with Crippen LogP contribution in [0.25, 0.3) is 0 Å². The van der Waals surface area contributed by atoms with Crippen LogP contribution in [-0.4, -0.2) is 23.8 Å². The van der Waals surface area contributed by atoms with Gasteiger partial charge in [0.05, 0.1) is 11.3 Å². The van der Waals surface area contributed by atoms with Gasteiger partial charge in [0.1, 0.15) is 0 Å². The second-order valence-electron chi connectivity index (χ2n) is 4.45. The number of nitrogens with zero attached hydrogens (tertiary/aromatic N) is 1.